The van der Waals surface area contributed by atoms with E-state index in [0.29, 0.717) is 28.4 Å². The van der Waals surface area contributed by atoms with E-state index in [9.17, 15) is 9.59 Å². The quantitative estimate of drug-likeness (QED) is 0.494. The van der Waals surface area contributed by atoms with Crippen LogP contribution in [-0.4, -0.2) is 22.4 Å². The number of halogens is 1. The summed E-state index contributed by atoms with van der Waals surface area (Å²) in [6.07, 6.45) is 4.45. The number of esters is 1. The molecule has 0 spiro atoms. The van der Waals surface area contributed by atoms with Crippen molar-refractivity contribution in [1.29, 1.82) is 0 Å². The van der Waals surface area contributed by atoms with Crippen LogP contribution in [0.5, 0.6) is 0 Å². The largest absolute Gasteiger partial charge is 0.459 e. The van der Waals surface area contributed by atoms with Crippen LogP contribution in [0.2, 0.25) is 5.02 Å². The van der Waals surface area contributed by atoms with Crippen LogP contribution in [0, 0.1) is 0 Å². The van der Waals surface area contributed by atoms with Crippen LogP contribution in [-0.2, 0) is 22.5 Å². The first-order valence-electron chi connectivity index (χ1n) is 9.36. The van der Waals surface area contributed by atoms with E-state index in [1.165, 1.54) is 0 Å². The molecule has 0 atom stereocenters. The zero-order valence-electron chi connectivity index (χ0n) is 15.9. The van der Waals surface area contributed by atoms with Gasteiger partial charge in [0.1, 0.15) is 0 Å². The van der Waals surface area contributed by atoms with Gasteiger partial charge >= 0.3 is 5.97 Å². The predicted octanol–water partition coefficient (Wildman–Crippen LogP) is 5.06. The lowest BCUT2D eigenvalue weighted by atomic mass is 10.0. The predicted molar refractivity (Wildman–Crippen MR) is 107 cm³/mol. The number of nitrogens with zero attached hydrogens (tertiary/aromatic N) is 1. The molecular weight excluding hydrogens is 362 g/mol. The first kappa shape index (κ1) is 19.4. The highest BCUT2D eigenvalue weighted by molar-refractivity contribution is 6.31. The molecule has 0 N–H and O–H groups in total. The van der Waals surface area contributed by atoms with E-state index in [-0.39, 0.29) is 17.9 Å². The van der Waals surface area contributed by atoms with Gasteiger partial charge in [-0.25, -0.2) is 4.79 Å². The van der Waals surface area contributed by atoms with E-state index >= 15 is 0 Å². The Hall–Kier alpha value is -2.33. The van der Waals surface area contributed by atoms with Crippen molar-refractivity contribution in [2.45, 2.75) is 52.7 Å². The Morgan fingerprint density at radius 3 is 2.70 bits per heavy atom. The number of ketones is 1. The number of ether oxygens (including phenoxy) is 1. The molecule has 3 rings (SSSR count). The Labute approximate surface area is 164 Å². The molecule has 142 valence electrons. The molecule has 0 unspecified atom stereocenters. The second-order valence-electron chi connectivity index (χ2n) is 7.03. The standard InChI is InChI=1S/C22H24ClNO3/c1-4-5-7-15-13-19-18(22(26)27-14(2)3)10-11-24(19)20(15)21(25)16-8-6-9-17(23)12-16/h6,8-10,12-14H,4-5,7,11H2,1-3H3. The summed E-state index contributed by atoms with van der Waals surface area (Å²) in [5.41, 5.74) is 3.46. The molecule has 1 aliphatic heterocycles. The molecule has 0 aliphatic carbocycles. The van der Waals surface area contributed by atoms with Crippen molar-refractivity contribution in [2.75, 3.05) is 0 Å². The van der Waals surface area contributed by atoms with Crippen molar-refractivity contribution >= 4 is 28.9 Å². The van der Waals surface area contributed by atoms with E-state index in [1.54, 1.807) is 24.3 Å². The molecule has 4 nitrogen and oxygen atoms in total. The first-order valence-corrected chi connectivity index (χ1v) is 9.74. The van der Waals surface area contributed by atoms with Crippen LogP contribution < -0.4 is 0 Å². The van der Waals surface area contributed by atoms with Gasteiger partial charge in [0.15, 0.2) is 0 Å². The van der Waals surface area contributed by atoms with Crippen molar-refractivity contribution in [1.82, 2.24) is 4.57 Å². The van der Waals surface area contributed by atoms with Gasteiger partial charge in [-0.3, -0.25) is 4.79 Å². The third-order valence-electron chi connectivity index (χ3n) is 4.59. The maximum atomic E-state index is 13.2. The smallest absolute Gasteiger partial charge is 0.340 e. The SMILES string of the molecule is CCCCc1cc2n(c1C(=O)c1cccc(Cl)c1)CC=C2C(=O)OC(C)C. The number of aromatic nitrogens is 1. The fourth-order valence-electron chi connectivity index (χ4n) is 3.36. The summed E-state index contributed by atoms with van der Waals surface area (Å²) in [6, 6.07) is 8.95. The molecule has 1 aliphatic rings. The van der Waals surface area contributed by atoms with Crippen LogP contribution in [0.1, 0.15) is 60.9 Å². The minimum atomic E-state index is -0.343. The second-order valence-corrected chi connectivity index (χ2v) is 7.47. The molecule has 0 radical (unpaired) electrons. The third kappa shape index (κ3) is 4.01. The van der Waals surface area contributed by atoms with Crippen molar-refractivity contribution < 1.29 is 14.3 Å². The van der Waals surface area contributed by atoms with Gasteiger partial charge in [-0.15, -0.1) is 0 Å². The van der Waals surface area contributed by atoms with E-state index < -0.39 is 0 Å². The molecule has 2 heterocycles. The Balaban J connectivity index is 2.02. The normalized spacial score (nSPS) is 12.9. The van der Waals surface area contributed by atoms with Crippen molar-refractivity contribution in [3.05, 3.63) is 63.9 Å². The lowest BCUT2D eigenvalue weighted by molar-refractivity contribution is -0.140. The highest BCUT2D eigenvalue weighted by atomic mass is 35.5. The molecular formula is C22H24ClNO3. The number of carbonyl (C=O) groups excluding carboxylic acids is 2. The van der Waals surface area contributed by atoms with Gasteiger partial charge in [-0.05, 0) is 56.5 Å². The Morgan fingerprint density at radius 1 is 1.26 bits per heavy atom. The number of carbonyl (C=O) groups is 2. The molecule has 5 heteroatoms. The summed E-state index contributed by atoms with van der Waals surface area (Å²) < 4.78 is 7.28. The van der Waals surface area contributed by atoms with Crippen molar-refractivity contribution in [3.8, 4) is 0 Å². The van der Waals surface area contributed by atoms with Gasteiger partial charge in [0.25, 0.3) is 0 Å². The molecule has 1 aromatic carbocycles. The number of unbranched alkanes of at least 4 members (excludes halogenated alkanes) is 1. The summed E-state index contributed by atoms with van der Waals surface area (Å²) in [6.45, 7) is 6.26. The Bertz CT molecular complexity index is 908. The van der Waals surface area contributed by atoms with Crippen LogP contribution >= 0.6 is 11.6 Å². The zero-order chi connectivity index (χ0) is 19.6. The molecule has 0 saturated heterocycles. The molecule has 27 heavy (non-hydrogen) atoms. The maximum absolute atomic E-state index is 13.2. The summed E-state index contributed by atoms with van der Waals surface area (Å²) in [5, 5.41) is 0.531. The summed E-state index contributed by atoms with van der Waals surface area (Å²) in [5.74, 6) is -0.410. The van der Waals surface area contributed by atoms with Crippen molar-refractivity contribution in [3.63, 3.8) is 0 Å². The Morgan fingerprint density at radius 2 is 2.04 bits per heavy atom. The Kier molecular flexibility index (Phi) is 5.85. The topological polar surface area (TPSA) is 48.3 Å². The van der Waals surface area contributed by atoms with E-state index in [4.69, 9.17) is 16.3 Å². The molecule has 2 aromatic rings. The van der Waals surface area contributed by atoms with Gasteiger partial charge < -0.3 is 9.30 Å². The van der Waals surface area contributed by atoms with Gasteiger partial charge in [-0.2, -0.15) is 0 Å². The summed E-state index contributed by atoms with van der Waals surface area (Å²) in [4.78, 5) is 25.7. The maximum Gasteiger partial charge on any atom is 0.340 e. The summed E-state index contributed by atoms with van der Waals surface area (Å²) in [7, 11) is 0. The lowest BCUT2D eigenvalue weighted by Crippen LogP contribution is -2.13. The number of fused-ring (bicyclic) bond motifs is 1. The molecule has 0 amide bonds. The summed E-state index contributed by atoms with van der Waals surface area (Å²) >= 11 is 6.07. The average molecular weight is 386 g/mol. The molecule has 0 fully saturated rings. The molecule has 1 aromatic heterocycles. The fourth-order valence-corrected chi connectivity index (χ4v) is 3.55. The van der Waals surface area contributed by atoms with E-state index in [0.717, 1.165) is 30.5 Å². The second kappa shape index (κ2) is 8.13. The highest BCUT2D eigenvalue weighted by Crippen LogP contribution is 2.32. The van der Waals surface area contributed by atoms with E-state index in [2.05, 4.69) is 6.92 Å². The third-order valence-corrected chi connectivity index (χ3v) is 4.83. The number of rotatable bonds is 7. The fraction of sp³-hybridized carbons (Fsp3) is 0.364. The monoisotopic (exact) mass is 385 g/mol. The number of aryl methyl sites for hydroxylation is 1. The number of hydrogen-bond acceptors (Lipinski definition) is 3. The molecule has 0 bridgehead atoms. The molecule has 0 saturated carbocycles. The van der Waals surface area contributed by atoms with Crippen LogP contribution in [0.25, 0.3) is 5.57 Å². The number of hydrogen-bond donors (Lipinski definition) is 0. The zero-order valence-corrected chi connectivity index (χ0v) is 16.7. The van der Waals surface area contributed by atoms with Gasteiger partial charge in [0, 0.05) is 17.1 Å². The number of benzene rings is 1. The average Bonchev–Trinajstić information content (AvgIpc) is 3.17. The van der Waals surface area contributed by atoms with Gasteiger partial charge in [0.05, 0.1) is 23.1 Å². The van der Waals surface area contributed by atoms with E-state index in [1.807, 2.05) is 30.6 Å². The number of allylic oxidation sites excluding steroid dienone is 1. The van der Waals surface area contributed by atoms with Crippen LogP contribution in [0.15, 0.2) is 36.4 Å². The first-order chi connectivity index (χ1) is 12.9. The van der Waals surface area contributed by atoms with Crippen LogP contribution in [0.3, 0.4) is 0 Å². The minimum absolute atomic E-state index is 0.0678. The lowest BCUT2D eigenvalue weighted by Gasteiger charge is -2.10. The van der Waals surface area contributed by atoms with Gasteiger partial charge in [-0.1, -0.05) is 37.1 Å². The van der Waals surface area contributed by atoms with Gasteiger partial charge in [0.2, 0.25) is 5.78 Å². The van der Waals surface area contributed by atoms with Crippen molar-refractivity contribution in [2.24, 2.45) is 0 Å². The minimum Gasteiger partial charge on any atom is -0.459 e. The highest BCUT2D eigenvalue weighted by Gasteiger charge is 2.29. The van der Waals surface area contributed by atoms with Crippen LogP contribution in [0.4, 0.5) is 0 Å².